The standard InChI is InChI=1S/C18H26N2O/c1-2-7-18(8-10-19-11-9-18)17(21)20-16-12-14-5-3-4-6-15(14)13-16/h3-6,16,19H,2,7-13H2,1H3,(H,20,21). The molecule has 1 saturated heterocycles. The Morgan fingerprint density at radius 1 is 1.24 bits per heavy atom. The molecule has 1 amide bonds. The molecule has 0 spiro atoms. The van der Waals surface area contributed by atoms with Gasteiger partial charge in [-0.3, -0.25) is 4.79 Å². The van der Waals surface area contributed by atoms with Gasteiger partial charge in [0.2, 0.25) is 5.91 Å². The van der Waals surface area contributed by atoms with Gasteiger partial charge in [-0.2, -0.15) is 0 Å². The average molecular weight is 286 g/mol. The predicted octanol–water partition coefficient (Wildman–Crippen LogP) is 2.44. The summed E-state index contributed by atoms with van der Waals surface area (Å²) < 4.78 is 0. The highest BCUT2D eigenvalue weighted by molar-refractivity contribution is 5.83. The minimum Gasteiger partial charge on any atom is -0.352 e. The van der Waals surface area contributed by atoms with E-state index in [0.29, 0.717) is 11.9 Å². The van der Waals surface area contributed by atoms with Crippen LogP contribution in [-0.4, -0.2) is 25.0 Å². The maximum absolute atomic E-state index is 12.9. The van der Waals surface area contributed by atoms with Gasteiger partial charge in [0.15, 0.2) is 0 Å². The average Bonchev–Trinajstić information content (AvgIpc) is 2.90. The van der Waals surface area contributed by atoms with E-state index in [2.05, 4.69) is 41.8 Å². The lowest BCUT2D eigenvalue weighted by molar-refractivity contribution is -0.133. The van der Waals surface area contributed by atoms with Crippen molar-refractivity contribution in [1.82, 2.24) is 10.6 Å². The Morgan fingerprint density at radius 3 is 2.43 bits per heavy atom. The number of carbonyl (C=O) groups is 1. The van der Waals surface area contributed by atoms with Gasteiger partial charge in [0, 0.05) is 6.04 Å². The molecule has 2 N–H and O–H groups in total. The lowest BCUT2D eigenvalue weighted by atomic mass is 9.74. The summed E-state index contributed by atoms with van der Waals surface area (Å²) >= 11 is 0. The van der Waals surface area contributed by atoms with Gasteiger partial charge in [0.1, 0.15) is 0 Å². The first-order valence-electron chi connectivity index (χ1n) is 8.32. The van der Waals surface area contributed by atoms with E-state index < -0.39 is 0 Å². The summed E-state index contributed by atoms with van der Waals surface area (Å²) in [5.41, 5.74) is 2.67. The molecular formula is C18H26N2O. The number of benzene rings is 1. The van der Waals surface area contributed by atoms with Gasteiger partial charge in [0.05, 0.1) is 5.41 Å². The fraction of sp³-hybridized carbons (Fsp3) is 0.611. The van der Waals surface area contributed by atoms with E-state index in [1.54, 1.807) is 0 Å². The van der Waals surface area contributed by atoms with Crippen molar-refractivity contribution in [2.75, 3.05) is 13.1 Å². The predicted molar refractivity (Wildman–Crippen MR) is 85.2 cm³/mol. The molecule has 114 valence electrons. The third-order valence-electron chi connectivity index (χ3n) is 5.16. The van der Waals surface area contributed by atoms with Gasteiger partial charge in [-0.25, -0.2) is 0 Å². The number of fused-ring (bicyclic) bond motifs is 1. The molecule has 0 unspecified atom stereocenters. The van der Waals surface area contributed by atoms with E-state index in [9.17, 15) is 4.79 Å². The fourth-order valence-corrected chi connectivity index (χ4v) is 3.97. The normalized spacial score (nSPS) is 21.0. The molecule has 1 heterocycles. The molecule has 2 aliphatic rings. The molecule has 21 heavy (non-hydrogen) atoms. The second-order valence-electron chi connectivity index (χ2n) is 6.63. The van der Waals surface area contributed by atoms with E-state index in [-0.39, 0.29) is 5.41 Å². The van der Waals surface area contributed by atoms with Crippen LogP contribution in [-0.2, 0) is 17.6 Å². The lowest BCUT2D eigenvalue weighted by Gasteiger charge is -2.37. The van der Waals surface area contributed by atoms with Crippen LogP contribution in [0.2, 0.25) is 0 Å². The van der Waals surface area contributed by atoms with Gasteiger partial charge in [-0.1, -0.05) is 37.6 Å². The summed E-state index contributed by atoms with van der Waals surface area (Å²) in [5, 5.41) is 6.74. The zero-order chi connectivity index (χ0) is 14.7. The Kier molecular flexibility index (Phi) is 4.29. The van der Waals surface area contributed by atoms with Gasteiger partial charge in [-0.05, 0) is 56.3 Å². The molecule has 0 saturated carbocycles. The third-order valence-corrected chi connectivity index (χ3v) is 5.16. The van der Waals surface area contributed by atoms with Gasteiger partial charge >= 0.3 is 0 Å². The number of nitrogens with one attached hydrogen (secondary N) is 2. The summed E-state index contributed by atoms with van der Waals surface area (Å²) in [4.78, 5) is 12.9. The van der Waals surface area contributed by atoms with Crippen LogP contribution >= 0.6 is 0 Å². The number of piperidine rings is 1. The monoisotopic (exact) mass is 286 g/mol. The van der Waals surface area contributed by atoms with Crippen LogP contribution in [0.4, 0.5) is 0 Å². The first kappa shape index (κ1) is 14.6. The lowest BCUT2D eigenvalue weighted by Crippen LogP contribution is -2.50. The van der Waals surface area contributed by atoms with Crippen molar-refractivity contribution >= 4 is 5.91 Å². The van der Waals surface area contributed by atoms with Crippen molar-refractivity contribution < 1.29 is 4.79 Å². The zero-order valence-corrected chi connectivity index (χ0v) is 13.0. The Morgan fingerprint density at radius 2 is 1.86 bits per heavy atom. The SMILES string of the molecule is CCCC1(C(=O)NC2Cc3ccccc3C2)CCNCC1. The Labute approximate surface area is 127 Å². The summed E-state index contributed by atoms with van der Waals surface area (Å²) in [5.74, 6) is 0.295. The minimum atomic E-state index is -0.130. The first-order valence-corrected chi connectivity index (χ1v) is 8.32. The number of amides is 1. The Bertz CT molecular complexity index is 475. The van der Waals surface area contributed by atoms with E-state index in [1.807, 2.05) is 0 Å². The van der Waals surface area contributed by atoms with E-state index >= 15 is 0 Å². The molecular weight excluding hydrogens is 260 g/mol. The molecule has 1 aliphatic carbocycles. The van der Waals surface area contributed by atoms with Gasteiger partial charge in [-0.15, -0.1) is 0 Å². The largest absolute Gasteiger partial charge is 0.352 e. The van der Waals surface area contributed by atoms with Crippen LogP contribution in [0.5, 0.6) is 0 Å². The van der Waals surface area contributed by atoms with E-state index in [1.165, 1.54) is 11.1 Å². The van der Waals surface area contributed by atoms with Crippen molar-refractivity contribution in [1.29, 1.82) is 0 Å². The molecule has 3 nitrogen and oxygen atoms in total. The van der Waals surface area contributed by atoms with Crippen molar-refractivity contribution in [3.63, 3.8) is 0 Å². The molecule has 0 atom stereocenters. The van der Waals surface area contributed by atoms with E-state index in [4.69, 9.17) is 0 Å². The van der Waals surface area contributed by atoms with E-state index in [0.717, 1.165) is 51.6 Å². The van der Waals surface area contributed by atoms with Crippen LogP contribution in [0, 0.1) is 5.41 Å². The molecule has 1 fully saturated rings. The quantitative estimate of drug-likeness (QED) is 0.892. The number of carbonyl (C=O) groups excluding carboxylic acids is 1. The topological polar surface area (TPSA) is 41.1 Å². The maximum atomic E-state index is 12.9. The Balaban J connectivity index is 1.66. The van der Waals surface area contributed by atoms with Gasteiger partial charge in [0.25, 0.3) is 0 Å². The van der Waals surface area contributed by atoms with Crippen molar-refractivity contribution in [2.45, 2.75) is 51.5 Å². The van der Waals surface area contributed by atoms with Crippen LogP contribution in [0.25, 0.3) is 0 Å². The van der Waals surface area contributed by atoms with Crippen LogP contribution in [0.1, 0.15) is 43.7 Å². The van der Waals surface area contributed by atoms with Crippen LogP contribution in [0.3, 0.4) is 0 Å². The summed E-state index contributed by atoms with van der Waals surface area (Å²) in [6, 6.07) is 8.85. The summed E-state index contributed by atoms with van der Waals surface area (Å²) in [6.07, 6.45) is 6.03. The number of hydrogen-bond acceptors (Lipinski definition) is 2. The molecule has 0 radical (unpaired) electrons. The highest BCUT2D eigenvalue weighted by Gasteiger charge is 2.39. The highest BCUT2D eigenvalue weighted by Crippen LogP contribution is 2.35. The third kappa shape index (κ3) is 2.98. The minimum absolute atomic E-state index is 0.130. The second-order valence-corrected chi connectivity index (χ2v) is 6.63. The van der Waals surface area contributed by atoms with Crippen molar-refractivity contribution in [3.8, 4) is 0 Å². The maximum Gasteiger partial charge on any atom is 0.226 e. The summed E-state index contributed by atoms with van der Waals surface area (Å²) in [7, 11) is 0. The number of hydrogen-bond donors (Lipinski definition) is 2. The van der Waals surface area contributed by atoms with Crippen LogP contribution < -0.4 is 10.6 Å². The molecule has 1 aromatic carbocycles. The molecule has 1 aliphatic heterocycles. The van der Waals surface area contributed by atoms with Gasteiger partial charge < -0.3 is 10.6 Å². The van der Waals surface area contributed by atoms with Crippen molar-refractivity contribution in [3.05, 3.63) is 35.4 Å². The molecule has 3 heteroatoms. The fourth-order valence-electron chi connectivity index (χ4n) is 3.97. The first-order chi connectivity index (χ1) is 10.2. The Hall–Kier alpha value is -1.35. The smallest absolute Gasteiger partial charge is 0.226 e. The second kappa shape index (κ2) is 6.18. The molecule has 3 rings (SSSR count). The molecule has 1 aromatic rings. The molecule has 0 aromatic heterocycles. The van der Waals surface area contributed by atoms with Crippen molar-refractivity contribution in [2.24, 2.45) is 5.41 Å². The van der Waals surface area contributed by atoms with Crippen LogP contribution in [0.15, 0.2) is 24.3 Å². The summed E-state index contributed by atoms with van der Waals surface area (Å²) in [6.45, 7) is 4.12. The highest BCUT2D eigenvalue weighted by atomic mass is 16.2. The molecule has 0 bridgehead atoms. The number of rotatable bonds is 4. The zero-order valence-electron chi connectivity index (χ0n) is 13.0.